The Hall–Kier alpha value is -3.04. The van der Waals surface area contributed by atoms with Crippen LogP contribution in [0.1, 0.15) is 16.2 Å². The van der Waals surface area contributed by atoms with Crippen LogP contribution in [0.3, 0.4) is 0 Å². The van der Waals surface area contributed by atoms with Gasteiger partial charge in [-0.15, -0.1) is 5.10 Å². The maximum absolute atomic E-state index is 12.9. The van der Waals surface area contributed by atoms with Crippen molar-refractivity contribution < 1.29 is 13.6 Å². The van der Waals surface area contributed by atoms with Crippen molar-refractivity contribution in [3.05, 3.63) is 71.1 Å². The summed E-state index contributed by atoms with van der Waals surface area (Å²) >= 11 is 6.30. The summed E-state index contributed by atoms with van der Waals surface area (Å²) in [5.74, 6) is -3.26. The molecule has 0 saturated heterocycles. The maximum Gasteiger partial charge on any atom is 0.289 e. The molecule has 1 N–H and O–H groups in total. The molecule has 30 heavy (non-hydrogen) atoms. The van der Waals surface area contributed by atoms with E-state index in [1.54, 1.807) is 19.2 Å². The summed E-state index contributed by atoms with van der Waals surface area (Å²) in [6.45, 7) is 1.70. The van der Waals surface area contributed by atoms with E-state index in [1.807, 2.05) is 30.3 Å². The zero-order valence-corrected chi connectivity index (χ0v) is 17.1. The minimum atomic E-state index is -2.68. The van der Waals surface area contributed by atoms with Gasteiger partial charge >= 0.3 is 0 Å². The van der Waals surface area contributed by atoms with Gasteiger partial charge in [0, 0.05) is 11.6 Å². The third-order valence-electron chi connectivity index (χ3n) is 4.37. The molecule has 2 heterocycles. The fourth-order valence-corrected chi connectivity index (χ4v) is 3.94. The monoisotopic (exact) mass is 445 g/mol. The standard InChI is InChI=1S/C20H14ClF2N5OS/c1-11-16(19(29)25-14-8-3-7-13(21)18(14)30-20(22)23)26-27-28(11)15-9-2-5-12-6-4-10-24-17(12)15/h2-10,20H,1H3,(H,25,29). The molecule has 2 aromatic carbocycles. The van der Waals surface area contributed by atoms with Crippen molar-refractivity contribution in [1.29, 1.82) is 0 Å². The van der Waals surface area contributed by atoms with Gasteiger partial charge in [-0.2, -0.15) is 8.78 Å². The van der Waals surface area contributed by atoms with Crippen molar-refractivity contribution >= 4 is 45.9 Å². The van der Waals surface area contributed by atoms with Crippen LogP contribution < -0.4 is 5.32 Å². The number of thioether (sulfide) groups is 1. The normalized spacial score (nSPS) is 11.2. The Labute approximate surface area is 179 Å². The molecule has 0 bridgehead atoms. The largest absolute Gasteiger partial charge is 0.319 e. The third-order valence-corrected chi connectivity index (χ3v) is 5.65. The molecular weight excluding hydrogens is 432 g/mol. The number of aromatic nitrogens is 4. The highest BCUT2D eigenvalue weighted by molar-refractivity contribution is 7.99. The number of rotatable bonds is 5. The third kappa shape index (κ3) is 3.86. The molecule has 0 aliphatic rings. The van der Waals surface area contributed by atoms with Crippen LogP contribution >= 0.6 is 23.4 Å². The quantitative estimate of drug-likeness (QED) is 0.419. The molecule has 10 heteroatoms. The summed E-state index contributed by atoms with van der Waals surface area (Å²) in [7, 11) is 0. The smallest absolute Gasteiger partial charge is 0.289 e. The molecule has 0 fully saturated rings. The summed E-state index contributed by atoms with van der Waals surface area (Å²) in [4.78, 5) is 17.3. The van der Waals surface area contributed by atoms with Crippen molar-refractivity contribution in [1.82, 2.24) is 20.0 Å². The van der Waals surface area contributed by atoms with Crippen LogP contribution in [0.2, 0.25) is 5.02 Å². The highest BCUT2D eigenvalue weighted by Gasteiger charge is 2.21. The van der Waals surface area contributed by atoms with E-state index in [-0.39, 0.29) is 33.1 Å². The second-order valence-electron chi connectivity index (χ2n) is 6.24. The number of fused-ring (bicyclic) bond motifs is 1. The lowest BCUT2D eigenvalue weighted by Gasteiger charge is -2.11. The number of hydrogen-bond donors (Lipinski definition) is 1. The van der Waals surface area contributed by atoms with Crippen molar-refractivity contribution in [2.24, 2.45) is 0 Å². The first-order chi connectivity index (χ1) is 14.5. The number of amides is 1. The molecule has 152 valence electrons. The van der Waals surface area contributed by atoms with Crippen LogP contribution in [-0.4, -0.2) is 31.6 Å². The van der Waals surface area contributed by atoms with Gasteiger partial charge in [0.05, 0.1) is 32.5 Å². The fourth-order valence-electron chi connectivity index (χ4n) is 3.02. The first-order valence-corrected chi connectivity index (χ1v) is 10.0. The van der Waals surface area contributed by atoms with Gasteiger partial charge in [-0.3, -0.25) is 9.78 Å². The van der Waals surface area contributed by atoms with E-state index in [9.17, 15) is 13.6 Å². The molecule has 0 unspecified atom stereocenters. The Morgan fingerprint density at radius 2 is 1.93 bits per heavy atom. The number of hydrogen-bond acceptors (Lipinski definition) is 5. The zero-order chi connectivity index (χ0) is 21.3. The van der Waals surface area contributed by atoms with Crippen molar-refractivity contribution in [3.63, 3.8) is 0 Å². The minimum Gasteiger partial charge on any atom is -0.319 e. The average Bonchev–Trinajstić information content (AvgIpc) is 3.11. The van der Waals surface area contributed by atoms with Gasteiger partial charge in [-0.1, -0.05) is 52.8 Å². The number of carbonyl (C=O) groups excluding carboxylic acids is 1. The number of nitrogens with one attached hydrogen (secondary N) is 1. The predicted molar refractivity (Wildman–Crippen MR) is 113 cm³/mol. The van der Waals surface area contributed by atoms with Crippen LogP contribution in [0.15, 0.2) is 59.6 Å². The molecule has 0 saturated carbocycles. The summed E-state index contributed by atoms with van der Waals surface area (Å²) in [6, 6.07) is 13.9. The fraction of sp³-hybridized carbons (Fsp3) is 0.100. The number of carbonyl (C=O) groups is 1. The molecule has 0 atom stereocenters. The second-order valence-corrected chi connectivity index (χ2v) is 7.64. The van der Waals surface area contributed by atoms with Crippen molar-refractivity contribution in [2.45, 2.75) is 17.6 Å². The number of alkyl halides is 2. The Morgan fingerprint density at radius 1 is 1.17 bits per heavy atom. The number of benzene rings is 2. The maximum atomic E-state index is 12.9. The Morgan fingerprint density at radius 3 is 2.73 bits per heavy atom. The Kier molecular flexibility index (Phi) is 5.65. The average molecular weight is 446 g/mol. The van der Waals surface area contributed by atoms with Gasteiger partial charge in [0.2, 0.25) is 0 Å². The van der Waals surface area contributed by atoms with Gasteiger partial charge in [0.15, 0.2) is 5.69 Å². The van der Waals surface area contributed by atoms with E-state index in [1.165, 1.54) is 16.8 Å². The molecular formula is C20H14ClF2N5OS. The van der Waals surface area contributed by atoms with Crippen LogP contribution in [0.5, 0.6) is 0 Å². The van der Waals surface area contributed by atoms with Crippen LogP contribution in [0.25, 0.3) is 16.6 Å². The molecule has 0 aliphatic carbocycles. The predicted octanol–water partition coefficient (Wildman–Crippen LogP) is 5.34. The highest BCUT2D eigenvalue weighted by Crippen LogP contribution is 2.37. The van der Waals surface area contributed by atoms with E-state index in [2.05, 4.69) is 20.6 Å². The molecule has 0 aliphatic heterocycles. The first-order valence-electron chi connectivity index (χ1n) is 8.77. The van der Waals surface area contributed by atoms with Gasteiger partial charge in [-0.25, -0.2) is 4.68 Å². The SMILES string of the molecule is Cc1c(C(=O)Nc2cccc(Cl)c2SC(F)F)nnn1-c1cccc2cccnc12. The lowest BCUT2D eigenvalue weighted by molar-refractivity contribution is 0.102. The van der Waals surface area contributed by atoms with Crippen LogP contribution in [-0.2, 0) is 0 Å². The van der Waals surface area contributed by atoms with Crippen LogP contribution in [0, 0.1) is 6.92 Å². The first kappa shape index (κ1) is 20.2. The highest BCUT2D eigenvalue weighted by atomic mass is 35.5. The molecule has 0 radical (unpaired) electrons. The molecule has 1 amide bonds. The van der Waals surface area contributed by atoms with E-state index in [0.717, 1.165) is 5.39 Å². The lowest BCUT2D eigenvalue weighted by Crippen LogP contribution is -2.15. The zero-order valence-electron chi connectivity index (χ0n) is 15.5. The molecule has 4 aromatic rings. The van der Waals surface area contributed by atoms with E-state index < -0.39 is 11.7 Å². The topological polar surface area (TPSA) is 72.7 Å². The number of pyridine rings is 1. The molecule has 2 aromatic heterocycles. The van der Waals surface area contributed by atoms with Gasteiger partial charge in [-0.05, 0) is 31.2 Å². The summed E-state index contributed by atoms with van der Waals surface area (Å²) in [6.07, 6.45) is 1.67. The molecule has 4 rings (SSSR count). The van der Waals surface area contributed by atoms with E-state index in [0.29, 0.717) is 16.9 Å². The van der Waals surface area contributed by atoms with Crippen molar-refractivity contribution in [3.8, 4) is 5.69 Å². The minimum absolute atomic E-state index is 0.0657. The second kappa shape index (κ2) is 8.37. The van der Waals surface area contributed by atoms with E-state index in [4.69, 9.17) is 11.6 Å². The number of para-hydroxylation sites is 1. The Balaban J connectivity index is 1.68. The Bertz CT molecular complexity index is 1240. The molecule has 6 nitrogen and oxygen atoms in total. The molecule has 0 spiro atoms. The summed E-state index contributed by atoms with van der Waals surface area (Å²) in [5.41, 5.74) is 2.12. The summed E-state index contributed by atoms with van der Waals surface area (Å²) in [5, 5.41) is 11.7. The van der Waals surface area contributed by atoms with Gasteiger partial charge < -0.3 is 5.32 Å². The number of nitrogens with zero attached hydrogens (tertiary/aromatic N) is 4. The van der Waals surface area contributed by atoms with Crippen LogP contribution in [0.4, 0.5) is 14.5 Å². The van der Waals surface area contributed by atoms with Crippen molar-refractivity contribution in [2.75, 3.05) is 5.32 Å². The van der Waals surface area contributed by atoms with Gasteiger partial charge in [0.25, 0.3) is 11.7 Å². The number of halogens is 3. The van der Waals surface area contributed by atoms with Gasteiger partial charge in [0.1, 0.15) is 0 Å². The summed E-state index contributed by atoms with van der Waals surface area (Å²) < 4.78 is 27.3. The number of anilines is 1. The lowest BCUT2D eigenvalue weighted by atomic mass is 10.2. The van der Waals surface area contributed by atoms with E-state index >= 15 is 0 Å².